The lowest BCUT2D eigenvalue weighted by Gasteiger charge is -2.23. The maximum atomic E-state index is 14.1. The molecule has 2 N–H and O–H groups in total. The Kier molecular flexibility index (Phi) is 4.05. The van der Waals surface area contributed by atoms with Crippen LogP contribution in [0.25, 0.3) is 0 Å². The molecule has 1 saturated carbocycles. The first-order valence-electron chi connectivity index (χ1n) is 8.30. The largest absolute Gasteiger partial charge is 0.486 e. The molecule has 0 radical (unpaired) electrons. The Hall–Kier alpha value is -2.60. The molecule has 0 aromatic heterocycles. The molecule has 0 unspecified atom stereocenters. The van der Waals surface area contributed by atoms with Crippen molar-refractivity contribution in [3.8, 4) is 11.5 Å². The number of hydrogen-bond donors (Lipinski definition) is 2. The number of benzene rings is 2. The van der Waals surface area contributed by atoms with Crippen LogP contribution in [0.4, 0.5) is 10.1 Å². The van der Waals surface area contributed by atoms with E-state index in [0.29, 0.717) is 36.0 Å². The van der Waals surface area contributed by atoms with Crippen LogP contribution in [0.2, 0.25) is 0 Å². The molecule has 6 heteroatoms. The molecule has 1 atom stereocenters. The number of aliphatic hydroxyl groups excluding tert-OH is 1. The number of fused-ring (bicyclic) bond motifs is 1. The van der Waals surface area contributed by atoms with E-state index in [1.807, 2.05) is 0 Å². The van der Waals surface area contributed by atoms with Crippen LogP contribution in [-0.4, -0.2) is 24.2 Å². The van der Waals surface area contributed by atoms with Crippen molar-refractivity contribution < 1.29 is 23.8 Å². The molecule has 1 amide bonds. The zero-order chi connectivity index (χ0) is 17.4. The quantitative estimate of drug-likeness (QED) is 0.895. The standard InChI is InChI=1S/C19H18FNO4/c20-14-4-2-1-3-12(14)18(22)13-9-16-17(25-8-7-24-16)10-15(13)21-19(23)11-5-6-11/h1-4,9-11,18,22H,5-8H2,(H,21,23)/t18-/m0/s1. The fourth-order valence-electron chi connectivity index (χ4n) is 2.88. The zero-order valence-corrected chi connectivity index (χ0v) is 13.5. The van der Waals surface area contributed by atoms with Crippen molar-refractivity contribution in [1.82, 2.24) is 0 Å². The van der Waals surface area contributed by atoms with Gasteiger partial charge in [-0.15, -0.1) is 0 Å². The lowest BCUT2D eigenvalue weighted by molar-refractivity contribution is -0.117. The van der Waals surface area contributed by atoms with Crippen molar-refractivity contribution in [2.45, 2.75) is 18.9 Å². The summed E-state index contributed by atoms with van der Waals surface area (Å²) >= 11 is 0. The molecule has 2 aliphatic rings. The van der Waals surface area contributed by atoms with Crippen LogP contribution in [0.5, 0.6) is 11.5 Å². The second kappa shape index (κ2) is 6.37. The Labute approximate surface area is 144 Å². The topological polar surface area (TPSA) is 67.8 Å². The SMILES string of the molecule is O=C(Nc1cc2c(cc1[C@@H](O)c1ccccc1F)OCCO2)C1CC1. The highest BCUT2D eigenvalue weighted by Gasteiger charge is 2.31. The first-order valence-corrected chi connectivity index (χ1v) is 8.30. The smallest absolute Gasteiger partial charge is 0.227 e. The Morgan fingerprint density at radius 2 is 1.80 bits per heavy atom. The third-order valence-corrected chi connectivity index (χ3v) is 4.41. The molecule has 2 aromatic carbocycles. The van der Waals surface area contributed by atoms with Crippen molar-refractivity contribution in [2.24, 2.45) is 5.92 Å². The maximum absolute atomic E-state index is 14.1. The summed E-state index contributed by atoms with van der Waals surface area (Å²) in [5.41, 5.74) is 0.932. The number of halogens is 1. The van der Waals surface area contributed by atoms with Crippen LogP contribution in [0.3, 0.4) is 0 Å². The fourth-order valence-corrected chi connectivity index (χ4v) is 2.88. The molecular weight excluding hydrogens is 325 g/mol. The average Bonchev–Trinajstić information content (AvgIpc) is 3.46. The highest BCUT2D eigenvalue weighted by molar-refractivity contribution is 5.95. The van der Waals surface area contributed by atoms with E-state index >= 15 is 0 Å². The number of carbonyl (C=O) groups is 1. The number of anilines is 1. The highest BCUT2D eigenvalue weighted by atomic mass is 19.1. The van der Waals surface area contributed by atoms with E-state index in [0.717, 1.165) is 12.8 Å². The molecule has 5 nitrogen and oxygen atoms in total. The third kappa shape index (κ3) is 3.17. The van der Waals surface area contributed by atoms with E-state index in [9.17, 15) is 14.3 Å². The van der Waals surface area contributed by atoms with Crippen molar-refractivity contribution >= 4 is 11.6 Å². The van der Waals surface area contributed by atoms with Gasteiger partial charge < -0.3 is 19.9 Å². The summed E-state index contributed by atoms with van der Waals surface area (Å²) < 4.78 is 25.2. The lowest BCUT2D eigenvalue weighted by Crippen LogP contribution is -2.19. The van der Waals surface area contributed by atoms with Gasteiger partial charge in [0, 0.05) is 23.1 Å². The van der Waals surface area contributed by atoms with Crippen molar-refractivity contribution in [2.75, 3.05) is 18.5 Å². The summed E-state index contributed by atoms with van der Waals surface area (Å²) in [5, 5.41) is 13.6. The summed E-state index contributed by atoms with van der Waals surface area (Å²) in [7, 11) is 0. The normalized spacial score (nSPS) is 17.0. The monoisotopic (exact) mass is 343 g/mol. The zero-order valence-electron chi connectivity index (χ0n) is 13.5. The van der Waals surface area contributed by atoms with Crippen LogP contribution in [-0.2, 0) is 4.79 Å². The molecule has 1 aliphatic heterocycles. The second-order valence-electron chi connectivity index (χ2n) is 6.27. The number of nitrogens with one attached hydrogen (secondary N) is 1. The fraction of sp³-hybridized carbons (Fsp3) is 0.316. The Morgan fingerprint density at radius 1 is 1.12 bits per heavy atom. The molecule has 0 spiro atoms. The van der Waals surface area contributed by atoms with E-state index in [4.69, 9.17) is 9.47 Å². The summed E-state index contributed by atoms with van der Waals surface area (Å²) in [5.74, 6) is 0.373. The molecule has 0 saturated heterocycles. The lowest BCUT2D eigenvalue weighted by atomic mass is 9.98. The van der Waals surface area contributed by atoms with Gasteiger partial charge in [0.1, 0.15) is 25.1 Å². The number of rotatable bonds is 4. The van der Waals surface area contributed by atoms with Gasteiger partial charge in [0.15, 0.2) is 11.5 Å². The average molecular weight is 343 g/mol. The Morgan fingerprint density at radius 3 is 2.48 bits per heavy atom. The molecule has 25 heavy (non-hydrogen) atoms. The predicted molar refractivity (Wildman–Crippen MR) is 89.2 cm³/mol. The highest BCUT2D eigenvalue weighted by Crippen LogP contribution is 2.41. The van der Waals surface area contributed by atoms with Gasteiger partial charge in [0.2, 0.25) is 5.91 Å². The van der Waals surface area contributed by atoms with Crippen LogP contribution in [0, 0.1) is 11.7 Å². The van der Waals surface area contributed by atoms with Crippen molar-refractivity contribution in [1.29, 1.82) is 0 Å². The molecule has 1 fully saturated rings. The van der Waals surface area contributed by atoms with Gasteiger partial charge in [-0.25, -0.2) is 4.39 Å². The molecule has 1 heterocycles. The number of ether oxygens (including phenoxy) is 2. The van der Waals surface area contributed by atoms with Gasteiger partial charge in [-0.2, -0.15) is 0 Å². The van der Waals surface area contributed by atoms with Crippen LogP contribution < -0.4 is 14.8 Å². The number of amides is 1. The molecule has 130 valence electrons. The Bertz CT molecular complexity index is 819. The third-order valence-electron chi connectivity index (χ3n) is 4.41. The number of aliphatic hydroxyl groups is 1. The van der Waals surface area contributed by atoms with Crippen LogP contribution in [0.15, 0.2) is 36.4 Å². The minimum absolute atomic E-state index is 0.00616. The predicted octanol–water partition coefficient (Wildman–Crippen LogP) is 3.03. The van der Waals surface area contributed by atoms with Gasteiger partial charge in [0.25, 0.3) is 0 Å². The second-order valence-corrected chi connectivity index (χ2v) is 6.27. The van der Waals surface area contributed by atoms with Gasteiger partial charge >= 0.3 is 0 Å². The van der Waals surface area contributed by atoms with Gasteiger partial charge in [-0.05, 0) is 25.0 Å². The molecular formula is C19H18FNO4. The van der Waals surface area contributed by atoms with Gasteiger partial charge in [-0.1, -0.05) is 18.2 Å². The number of carbonyl (C=O) groups excluding carboxylic acids is 1. The summed E-state index contributed by atoms with van der Waals surface area (Å²) in [6, 6.07) is 9.26. The van der Waals surface area contributed by atoms with Crippen molar-refractivity contribution in [3.63, 3.8) is 0 Å². The minimum Gasteiger partial charge on any atom is -0.486 e. The van der Waals surface area contributed by atoms with Crippen LogP contribution >= 0.6 is 0 Å². The molecule has 0 bridgehead atoms. The van der Waals surface area contributed by atoms with Gasteiger partial charge in [-0.3, -0.25) is 4.79 Å². The summed E-state index contributed by atoms with van der Waals surface area (Å²) in [6.45, 7) is 0.814. The number of hydrogen-bond acceptors (Lipinski definition) is 4. The summed E-state index contributed by atoms with van der Waals surface area (Å²) in [4.78, 5) is 12.2. The van der Waals surface area contributed by atoms with E-state index in [2.05, 4.69) is 5.32 Å². The van der Waals surface area contributed by atoms with Crippen molar-refractivity contribution in [3.05, 3.63) is 53.3 Å². The molecule has 1 aliphatic carbocycles. The van der Waals surface area contributed by atoms with E-state index in [-0.39, 0.29) is 17.4 Å². The first-order chi connectivity index (χ1) is 12.1. The van der Waals surface area contributed by atoms with Gasteiger partial charge in [0.05, 0.1) is 5.69 Å². The van der Waals surface area contributed by atoms with E-state index in [1.54, 1.807) is 24.3 Å². The minimum atomic E-state index is -1.23. The first kappa shape index (κ1) is 15.9. The maximum Gasteiger partial charge on any atom is 0.227 e. The van der Waals surface area contributed by atoms with Crippen LogP contribution in [0.1, 0.15) is 30.1 Å². The van der Waals surface area contributed by atoms with E-state index < -0.39 is 11.9 Å². The Balaban J connectivity index is 1.75. The molecule has 4 rings (SSSR count). The summed E-state index contributed by atoms with van der Waals surface area (Å²) in [6.07, 6.45) is 0.495. The molecule has 2 aromatic rings. The van der Waals surface area contributed by atoms with E-state index in [1.165, 1.54) is 12.1 Å².